The number of hydrogen-bond acceptors (Lipinski definition) is 0. The van der Waals surface area contributed by atoms with Crippen LogP contribution >= 0.6 is 11.6 Å². The molecule has 1 rings (SSSR count). The average molecular weight is 118 g/mol. The molecule has 0 aromatic rings. The van der Waals surface area contributed by atoms with Crippen LogP contribution in [-0.2, 0) is 0 Å². The first-order chi connectivity index (χ1) is 3.19. The lowest BCUT2D eigenvalue weighted by atomic mass is 10.3. The third-order valence-electron chi connectivity index (χ3n) is 1.75. The predicted molar refractivity (Wildman–Crippen MR) is 32.4 cm³/mol. The first kappa shape index (κ1) is 5.43. The van der Waals surface area contributed by atoms with Gasteiger partial charge >= 0.3 is 0 Å². The lowest BCUT2D eigenvalue weighted by Gasteiger charge is -1.97. The fourth-order valence-electron chi connectivity index (χ4n) is 0.803. The van der Waals surface area contributed by atoms with E-state index in [4.69, 9.17) is 11.6 Å². The van der Waals surface area contributed by atoms with E-state index in [2.05, 4.69) is 13.8 Å². The van der Waals surface area contributed by atoms with Crippen LogP contribution in [0, 0.1) is 5.92 Å². The lowest BCUT2D eigenvalue weighted by Crippen LogP contribution is -1.94. The molecule has 0 spiro atoms. The van der Waals surface area contributed by atoms with E-state index in [0.717, 1.165) is 12.8 Å². The zero-order valence-corrected chi connectivity index (χ0v) is 5.55. The van der Waals surface area contributed by atoms with Crippen LogP contribution in [0.4, 0.5) is 0 Å². The fourth-order valence-corrected chi connectivity index (χ4v) is 1.00. The molecule has 1 saturated carbocycles. The fraction of sp³-hybridized carbons (Fsp3) is 0.833. The molecule has 0 aliphatic heterocycles. The molecule has 0 nitrogen and oxygen atoms in total. The van der Waals surface area contributed by atoms with Gasteiger partial charge in [0.05, 0.1) is 4.87 Å². The molecule has 41 valence electrons. The van der Waals surface area contributed by atoms with Gasteiger partial charge in [-0.15, -0.1) is 11.6 Å². The Morgan fingerprint density at radius 3 is 2.29 bits per heavy atom. The largest absolute Gasteiger partial charge is 0.119 e. The van der Waals surface area contributed by atoms with Crippen molar-refractivity contribution in [1.29, 1.82) is 0 Å². The molecular formula is C6H10Cl. The van der Waals surface area contributed by atoms with Gasteiger partial charge in [0.2, 0.25) is 0 Å². The topological polar surface area (TPSA) is 0 Å². The Kier molecular flexibility index (Phi) is 1.07. The third kappa shape index (κ3) is 0.766. The zero-order chi connectivity index (χ0) is 5.49. The number of halogens is 1. The summed E-state index contributed by atoms with van der Waals surface area (Å²) in [6.07, 6.45) is 2.24. The summed E-state index contributed by atoms with van der Waals surface area (Å²) in [5, 5.41) is 0. The predicted octanol–water partition coefficient (Wildman–Crippen LogP) is 2.37. The summed E-state index contributed by atoms with van der Waals surface area (Å²) in [6, 6.07) is 0. The van der Waals surface area contributed by atoms with Crippen molar-refractivity contribution in [2.45, 2.75) is 31.6 Å². The molecule has 1 aliphatic rings. The van der Waals surface area contributed by atoms with Crippen molar-refractivity contribution in [2.24, 2.45) is 0 Å². The molecule has 7 heavy (non-hydrogen) atoms. The van der Waals surface area contributed by atoms with E-state index in [9.17, 15) is 0 Å². The van der Waals surface area contributed by atoms with Crippen LogP contribution in [0.1, 0.15) is 26.7 Å². The van der Waals surface area contributed by atoms with Crippen LogP contribution < -0.4 is 0 Å². The Bertz CT molecular complexity index is 76.2. The molecule has 0 heterocycles. The molecule has 1 heteroatoms. The lowest BCUT2D eigenvalue weighted by molar-refractivity contribution is 0.847. The van der Waals surface area contributed by atoms with Crippen molar-refractivity contribution in [1.82, 2.24) is 0 Å². The SMILES string of the molecule is CCC1(Cl)C[C]1C. The summed E-state index contributed by atoms with van der Waals surface area (Å²) in [4.78, 5) is 0.139. The zero-order valence-electron chi connectivity index (χ0n) is 4.79. The van der Waals surface area contributed by atoms with E-state index < -0.39 is 0 Å². The Labute approximate surface area is 49.9 Å². The number of rotatable bonds is 1. The van der Waals surface area contributed by atoms with Gasteiger partial charge in [0.15, 0.2) is 0 Å². The summed E-state index contributed by atoms with van der Waals surface area (Å²) >= 11 is 5.94. The molecule has 0 saturated heterocycles. The minimum absolute atomic E-state index is 0.139. The van der Waals surface area contributed by atoms with Gasteiger partial charge in [-0.25, -0.2) is 0 Å². The van der Waals surface area contributed by atoms with Crippen LogP contribution in [0.2, 0.25) is 0 Å². The maximum atomic E-state index is 5.94. The quantitative estimate of drug-likeness (QED) is 0.463. The van der Waals surface area contributed by atoms with Crippen LogP contribution in [0.15, 0.2) is 0 Å². The van der Waals surface area contributed by atoms with Gasteiger partial charge in [-0.05, 0) is 18.8 Å². The Morgan fingerprint density at radius 2 is 2.29 bits per heavy atom. The molecule has 0 bridgehead atoms. The van der Waals surface area contributed by atoms with E-state index in [-0.39, 0.29) is 4.87 Å². The minimum atomic E-state index is 0.139. The molecule has 0 aromatic carbocycles. The molecular weight excluding hydrogens is 108 g/mol. The molecule has 0 N–H and O–H groups in total. The molecule has 1 fully saturated rings. The molecule has 0 aromatic heterocycles. The van der Waals surface area contributed by atoms with E-state index in [1.165, 1.54) is 5.92 Å². The second kappa shape index (κ2) is 1.38. The Balaban J connectivity index is 2.36. The highest BCUT2D eigenvalue weighted by molar-refractivity contribution is 6.28. The van der Waals surface area contributed by atoms with Crippen molar-refractivity contribution >= 4 is 11.6 Å². The Morgan fingerprint density at radius 1 is 1.86 bits per heavy atom. The summed E-state index contributed by atoms with van der Waals surface area (Å²) in [7, 11) is 0. The van der Waals surface area contributed by atoms with Gasteiger partial charge in [-0.2, -0.15) is 0 Å². The maximum Gasteiger partial charge on any atom is 0.0510 e. The van der Waals surface area contributed by atoms with Crippen molar-refractivity contribution in [3.63, 3.8) is 0 Å². The smallest absolute Gasteiger partial charge is 0.0510 e. The van der Waals surface area contributed by atoms with E-state index in [0.29, 0.717) is 0 Å². The summed E-state index contributed by atoms with van der Waals surface area (Å²) < 4.78 is 0. The second-order valence-corrected chi connectivity index (χ2v) is 3.00. The van der Waals surface area contributed by atoms with Crippen LogP contribution in [0.25, 0.3) is 0 Å². The first-order valence-electron chi connectivity index (χ1n) is 2.71. The molecule has 1 aliphatic carbocycles. The van der Waals surface area contributed by atoms with Crippen LogP contribution in [0.5, 0.6) is 0 Å². The van der Waals surface area contributed by atoms with E-state index in [1.54, 1.807) is 0 Å². The van der Waals surface area contributed by atoms with Gasteiger partial charge in [-0.3, -0.25) is 0 Å². The summed E-state index contributed by atoms with van der Waals surface area (Å²) in [5.74, 6) is 1.46. The third-order valence-corrected chi connectivity index (χ3v) is 2.47. The molecule has 0 amide bonds. The normalized spacial score (nSPS) is 41.6. The highest BCUT2D eigenvalue weighted by Crippen LogP contribution is 2.53. The van der Waals surface area contributed by atoms with Crippen LogP contribution in [-0.4, -0.2) is 4.87 Å². The standard InChI is InChI=1S/C6H10Cl/c1-3-6(7)4-5(6)2/h3-4H2,1-2H3. The Hall–Kier alpha value is 0.290. The number of alkyl halides is 1. The number of hydrogen-bond donors (Lipinski definition) is 0. The van der Waals surface area contributed by atoms with Crippen molar-refractivity contribution < 1.29 is 0 Å². The molecule has 1 unspecified atom stereocenters. The molecule has 1 atom stereocenters. The van der Waals surface area contributed by atoms with Gasteiger partial charge < -0.3 is 0 Å². The van der Waals surface area contributed by atoms with Crippen molar-refractivity contribution in [2.75, 3.05) is 0 Å². The van der Waals surface area contributed by atoms with Gasteiger partial charge in [0, 0.05) is 0 Å². The second-order valence-electron chi connectivity index (χ2n) is 2.28. The first-order valence-corrected chi connectivity index (χ1v) is 3.08. The van der Waals surface area contributed by atoms with Gasteiger partial charge in [0.1, 0.15) is 0 Å². The van der Waals surface area contributed by atoms with E-state index in [1.807, 2.05) is 0 Å². The highest BCUT2D eigenvalue weighted by atomic mass is 35.5. The van der Waals surface area contributed by atoms with Crippen LogP contribution in [0.3, 0.4) is 0 Å². The average Bonchev–Trinajstić information content (AvgIpc) is 2.18. The summed E-state index contributed by atoms with van der Waals surface area (Å²) in [6.45, 7) is 4.25. The summed E-state index contributed by atoms with van der Waals surface area (Å²) in [5.41, 5.74) is 0. The van der Waals surface area contributed by atoms with Crippen molar-refractivity contribution in [3.05, 3.63) is 5.92 Å². The minimum Gasteiger partial charge on any atom is -0.119 e. The van der Waals surface area contributed by atoms with Gasteiger partial charge in [-0.1, -0.05) is 13.8 Å². The molecule has 1 radical (unpaired) electrons. The highest BCUT2D eigenvalue weighted by Gasteiger charge is 2.48. The van der Waals surface area contributed by atoms with Crippen molar-refractivity contribution in [3.8, 4) is 0 Å². The monoisotopic (exact) mass is 117 g/mol. The maximum absolute atomic E-state index is 5.94. The van der Waals surface area contributed by atoms with Gasteiger partial charge in [0.25, 0.3) is 0 Å². The van der Waals surface area contributed by atoms with E-state index >= 15 is 0 Å².